The molecule has 0 fully saturated rings. The van der Waals surface area contributed by atoms with Gasteiger partial charge in [0.25, 0.3) is 0 Å². The maximum absolute atomic E-state index is 13.6. The molecule has 0 spiro atoms. The molecule has 1 aromatic heterocycles. The van der Waals surface area contributed by atoms with Crippen LogP contribution in [0.3, 0.4) is 0 Å². The number of aromatic amines is 1. The molecule has 0 aliphatic rings. The van der Waals surface area contributed by atoms with Crippen LogP contribution in [0.5, 0.6) is 5.75 Å². The summed E-state index contributed by atoms with van der Waals surface area (Å²) >= 11 is 0. The molecule has 0 bridgehead atoms. The van der Waals surface area contributed by atoms with E-state index in [4.69, 9.17) is 0 Å². The number of hydrogen-bond acceptors (Lipinski definition) is 6. The second kappa shape index (κ2) is 14.8. The first-order chi connectivity index (χ1) is 19.5. The molecule has 0 saturated heterocycles. The number of aliphatic hydroxyl groups is 1. The van der Waals surface area contributed by atoms with E-state index in [0.29, 0.717) is 25.8 Å². The number of phenols is 1. The second-order valence-corrected chi connectivity index (χ2v) is 10.3. The molecule has 3 rings (SSSR count). The maximum atomic E-state index is 13.6. The molecular formula is C30H38N4O7. The van der Waals surface area contributed by atoms with Crippen LogP contribution in [0, 0.1) is 5.92 Å². The van der Waals surface area contributed by atoms with Gasteiger partial charge in [-0.3, -0.25) is 19.2 Å². The standard InChI is InChI=1S/C30H38N4O7/c1-18(35)14-27(37)31-13-5-6-21(15-20-9-11-23(36)12-10-20)28(38)34-26(29(39)33-19(2)30(40)41)16-22-17-32-25-8-4-3-7-24(22)25/h3-4,7-12,17-19,21,26,32,35-36H,5-6,13-16H2,1-2H3,(H,31,37)(H,33,39)(H,34,38)(H,40,41)/t18?,19-,21-,26-/m0/s1. The van der Waals surface area contributed by atoms with E-state index in [9.17, 15) is 34.5 Å². The van der Waals surface area contributed by atoms with Gasteiger partial charge < -0.3 is 36.3 Å². The van der Waals surface area contributed by atoms with E-state index in [1.165, 1.54) is 26.0 Å². The summed E-state index contributed by atoms with van der Waals surface area (Å²) in [6, 6.07) is 11.8. The van der Waals surface area contributed by atoms with Crippen molar-refractivity contribution in [1.82, 2.24) is 20.9 Å². The van der Waals surface area contributed by atoms with Crippen molar-refractivity contribution in [2.45, 2.75) is 64.1 Å². The van der Waals surface area contributed by atoms with Crippen molar-refractivity contribution in [3.63, 3.8) is 0 Å². The van der Waals surface area contributed by atoms with Gasteiger partial charge in [-0.1, -0.05) is 30.3 Å². The predicted octanol–water partition coefficient (Wildman–Crippen LogP) is 2.02. The predicted molar refractivity (Wildman–Crippen MR) is 153 cm³/mol. The normalized spacial score (nSPS) is 14.0. The number of aliphatic carboxylic acids is 1. The van der Waals surface area contributed by atoms with Crippen LogP contribution in [0.15, 0.2) is 54.7 Å². The minimum absolute atomic E-state index is 0.0170. The molecule has 7 N–H and O–H groups in total. The highest BCUT2D eigenvalue weighted by molar-refractivity contribution is 5.92. The molecule has 0 radical (unpaired) electrons. The van der Waals surface area contributed by atoms with Crippen LogP contribution in [0.4, 0.5) is 0 Å². The number of carboxylic acid groups (broad SMARTS) is 1. The maximum Gasteiger partial charge on any atom is 0.325 e. The van der Waals surface area contributed by atoms with Gasteiger partial charge in [-0.15, -0.1) is 0 Å². The number of aromatic hydroxyl groups is 1. The first-order valence-corrected chi connectivity index (χ1v) is 13.6. The molecule has 4 atom stereocenters. The number of aromatic nitrogens is 1. The largest absolute Gasteiger partial charge is 0.508 e. The number of nitrogens with one attached hydrogen (secondary N) is 4. The summed E-state index contributed by atoms with van der Waals surface area (Å²) < 4.78 is 0. The summed E-state index contributed by atoms with van der Waals surface area (Å²) in [6.07, 6.45) is 2.30. The van der Waals surface area contributed by atoms with Crippen LogP contribution < -0.4 is 16.0 Å². The Morgan fingerprint density at radius 3 is 2.32 bits per heavy atom. The summed E-state index contributed by atoms with van der Waals surface area (Å²) in [5.74, 6) is -2.98. The third kappa shape index (κ3) is 9.64. The number of phenolic OH excluding ortho intramolecular Hbond substituents is 1. The van der Waals surface area contributed by atoms with E-state index < -0.39 is 41.9 Å². The average molecular weight is 567 g/mol. The molecule has 41 heavy (non-hydrogen) atoms. The molecule has 0 aliphatic heterocycles. The van der Waals surface area contributed by atoms with Crippen LogP contribution in [0.1, 0.15) is 44.2 Å². The van der Waals surface area contributed by atoms with Gasteiger partial charge in [-0.2, -0.15) is 0 Å². The molecule has 220 valence electrons. The van der Waals surface area contributed by atoms with Crippen molar-refractivity contribution in [2.24, 2.45) is 5.92 Å². The van der Waals surface area contributed by atoms with Crippen LogP contribution >= 0.6 is 0 Å². The van der Waals surface area contributed by atoms with Gasteiger partial charge in [0.15, 0.2) is 0 Å². The van der Waals surface area contributed by atoms with Gasteiger partial charge in [-0.25, -0.2) is 0 Å². The Kier molecular flexibility index (Phi) is 11.3. The van der Waals surface area contributed by atoms with Crippen molar-refractivity contribution in [3.8, 4) is 5.75 Å². The lowest BCUT2D eigenvalue weighted by Crippen LogP contribution is -2.53. The Morgan fingerprint density at radius 1 is 0.927 bits per heavy atom. The summed E-state index contributed by atoms with van der Waals surface area (Å²) in [5, 5.41) is 37.3. The van der Waals surface area contributed by atoms with Gasteiger partial charge in [0.05, 0.1) is 12.5 Å². The number of rotatable bonds is 15. The molecule has 3 amide bonds. The molecule has 11 nitrogen and oxygen atoms in total. The van der Waals surface area contributed by atoms with Gasteiger partial charge in [-0.05, 0) is 62.4 Å². The topological polar surface area (TPSA) is 181 Å². The molecule has 0 aliphatic carbocycles. The molecule has 1 unspecified atom stereocenters. The van der Waals surface area contributed by atoms with Crippen molar-refractivity contribution in [3.05, 3.63) is 65.9 Å². The number of carboxylic acids is 1. The number of fused-ring (bicyclic) bond motifs is 1. The number of para-hydroxylation sites is 1. The van der Waals surface area contributed by atoms with Crippen molar-refractivity contribution < 1.29 is 34.5 Å². The highest BCUT2D eigenvalue weighted by Gasteiger charge is 2.28. The summed E-state index contributed by atoms with van der Waals surface area (Å²) in [6.45, 7) is 3.18. The monoisotopic (exact) mass is 566 g/mol. The van der Waals surface area contributed by atoms with E-state index in [1.54, 1.807) is 18.3 Å². The fourth-order valence-electron chi connectivity index (χ4n) is 4.55. The molecule has 11 heteroatoms. The summed E-state index contributed by atoms with van der Waals surface area (Å²) in [4.78, 5) is 53.3. The van der Waals surface area contributed by atoms with Crippen molar-refractivity contribution in [1.29, 1.82) is 0 Å². The average Bonchev–Trinajstić information content (AvgIpc) is 3.33. The van der Waals surface area contributed by atoms with E-state index in [2.05, 4.69) is 20.9 Å². The fourth-order valence-corrected chi connectivity index (χ4v) is 4.55. The molecule has 3 aromatic rings. The highest BCUT2D eigenvalue weighted by atomic mass is 16.4. The Hall–Kier alpha value is -4.38. The number of aliphatic hydroxyl groups excluding tert-OH is 1. The number of hydrogen-bond donors (Lipinski definition) is 7. The highest BCUT2D eigenvalue weighted by Crippen LogP contribution is 2.21. The number of amides is 3. The van der Waals surface area contributed by atoms with E-state index in [1.807, 2.05) is 24.3 Å². The Morgan fingerprint density at radius 2 is 1.63 bits per heavy atom. The van der Waals surface area contributed by atoms with Crippen molar-refractivity contribution >= 4 is 34.6 Å². The van der Waals surface area contributed by atoms with Gasteiger partial charge in [0, 0.05) is 36.0 Å². The Balaban J connectivity index is 1.78. The zero-order valence-corrected chi connectivity index (χ0v) is 23.2. The lowest BCUT2D eigenvalue weighted by atomic mass is 9.93. The van der Waals surface area contributed by atoms with Crippen LogP contribution in [0.25, 0.3) is 10.9 Å². The Labute approximate surface area is 238 Å². The minimum atomic E-state index is -1.20. The molecule has 1 heterocycles. The minimum Gasteiger partial charge on any atom is -0.508 e. The van der Waals surface area contributed by atoms with E-state index >= 15 is 0 Å². The van der Waals surface area contributed by atoms with Gasteiger partial charge in [0.2, 0.25) is 17.7 Å². The lowest BCUT2D eigenvalue weighted by molar-refractivity contribution is -0.141. The summed E-state index contributed by atoms with van der Waals surface area (Å²) in [5.41, 5.74) is 2.47. The third-order valence-electron chi connectivity index (χ3n) is 6.78. The zero-order valence-electron chi connectivity index (χ0n) is 23.2. The zero-order chi connectivity index (χ0) is 29.9. The summed E-state index contributed by atoms with van der Waals surface area (Å²) in [7, 11) is 0. The molecular weight excluding hydrogens is 528 g/mol. The Bertz CT molecular complexity index is 1340. The third-order valence-corrected chi connectivity index (χ3v) is 6.78. The lowest BCUT2D eigenvalue weighted by Gasteiger charge is -2.23. The fraction of sp³-hybridized carbons (Fsp3) is 0.400. The van der Waals surface area contributed by atoms with Crippen LogP contribution in [0.2, 0.25) is 0 Å². The molecule has 0 saturated carbocycles. The first-order valence-electron chi connectivity index (χ1n) is 13.6. The number of benzene rings is 2. The quantitative estimate of drug-likeness (QED) is 0.137. The number of H-pyrrole nitrogens is 1. The number of carbonyl (C=O) groups is 4. The van der Waals surface area contributed by atoms with Crippen molar-refractivity contribution in [2.75, 3.05) is 6.54 Å². The first kappa shape index (κ1) is 31.2. The number of carbonyl (C=O) groups excluding carboxylic acids is 3. The van der Waals surface area contributed by atoms with E-state index in [0.717, 1.165) is 22.0 Å². The van der Waals surface area contributed by atoms with Gasteiger partial charge in [0.1, 0.15) is 17.8 Å². The SMILES string of the molecule is CC(O)CC(=O)NCCC[C@@H](Cc1ccc(O)cc1)C(=O)N[C@@H](Cc1c[nH]c2ccccc12)C(=O)N[C@@H](C)C(=O)O. The van der Waals surface area contributed by atoms with Crippen LogP contribution in [-0.4, -0.2) is 68.7 Å². The molecule has 2 aromatic carbocycles. The second-order valence-electron chi connectivity index (χ2n) is 10.3. The smallest absolute Gasteiger partial charge is 0.325 e. The van der Waals surface area contributed by atoms with Crippen LogP contribution in [-0.2, 0) is 32.0 Å². The van der Waals surface area contributed by atoms with E-state index in [-0.39, 0.29) is 24.5 Å². The van der Waals surface area contributed by atoms with Gasteiger partial charge >= 0.3 is 5.97 Å².